The fourth-order valence-electron chi connectivity index (χ4n) is 8.34. The number of amides is 1. The Balaban J connectivity index is 1.51. The van der Waals surface area contributed by atoms with Gasteiger partial charge < -0.3 is 20.1 Å². The van der Waals surface area contributed by atoms with Crippen LogP contribution >= 0.6 is 0 Å². The van der Waals surface area contributed by atoms with E-state index in [1.807, 2.05) is 18.2 Å². The van der Waals surface area contributed by atoms with Gasteiger partial charge in [0.05, 0.1) is 13.2 Å². The summed E-state index contributed by atoms with van der Waals surface area (Å²) < 4.78 is 5.81. The van der Waals surface area contributed by atoms with E-state index in [1.54, 1.807) is 12.0 Å². The lowest BCUT2D eigenvalue weighted by Gasteiger charge is -2.36. The molecule has 1 saturated heterocycles. The van der Waals surface area contributed by atoms with Gasteiger partial charge in [-0.2, -0.15) is 0 Å². The van der Waals surface area contributed by atoms with Crippen LogP contribution in [0.15, 0.2) is 48.5 Å². The summed E-state index contributed by atoms with van der Waals surface area (Å²) in [5.41, 5.74) is 3.04. The molecule has 0 aromatic heterocycles. The number of likely N-dealkylation sites (tertiary alicyclic amines) is 1. The van der Waals surface area contributed by atoms with Crippen LogP contribution in [-0.2, 0) is 22.6 Å². The summed E-state index contributed by atoms with van der Waals surface area (Å²) in [5.74, 6) is 0.262. The standard InChI is InChI=1S/C37H52N2O4/c1-37(2,3)31-32(38-24-29-23-26(20-21-30(29)43-4)22-25-14-8-5-9-15-25)33(27-16-10-6-11-17-27)39(34(31)36(41)42)35(40)28-18-12-7-13-19-28/h6,10-11,16-17,20-21,23,25,28,31-34,38H,5,7-9,12-15,18-19,22,24H2,1-4H3,(H,41,42)/t31-,32-,33-,34-/m0/s1. The number of nitrogens with zero attached hydrogens (tertiary/aromatic N) is 1. The molecule has 43 heavy (non-hydrogen) atoms. The van der Waals surface area contributed by atoms with Gasteiger partial charge in [-0.25, -0.2) is 4.79 Å². The molecule has 6 nitrogen and oxygen atoms in total. The number of nitrogens with one attached hydrogen (secondary N) is 1. The second-order valence-corrected chi connectivity index (χ2v) is 14.4. The summed E-state index contributed by atoms with van der Waals surface area (Å²) >= 11 is 0. The number of hydrogen-bond acceptors (Lipinski definition) is 4. The SMILES string of the molecule is COc1ccc(CC2CCCCC2)cc1CN[C@H]1[C@H](C(C)(C)C)[C@@H](C(=O)O)N(C(=O)C2CCCCC2)[C@H]1c1ccccc1. The van der Waals surface area contributed by atoms with Gasteiger partial charge in [0.1, 0.15) is 11.8 Å². The van der Waals surface area contributed by atoms with Gasteiger partial charge >= 0.3 is 5.97 Å². The molecule has 234 valence electrons. The van der Waals surface area contributed by atoms with Crippen LogP contribution in [0.4, 0.5) is 0 Å². The van der Waals surface area contributed by atoms with Gasteiger partial charge in [-0.05, 0) is 47.8 Å². The molecule has 3 aliphatic rings. The molecule has 0 spiro atoms. The molecule has 0 unspecified atom stereocenters. The van der Waals surface area contributed by atoms with E-state index in [2.05, 4.69) is 56.4 Å². The summed E-state index contributed by atoms with van der Waals surface area (Å²) in [5, 5.41) is 14.6. The summed E-state index contributed by atoms with van der Waals surface area (Å²) in [6, 6.07) is 15.1. The molecule has 3 fully saturated rings. The Morgan fingerprint density at radius 3 is 2.19 bits per heavy atom. The highest BCUT2D eigenvalue weighted by atomic mass is 16.5. The molecule has 0 radical (unpaired) electrons. The first kappa shape index (κ1) is 31.6. The minimum absolute atomic E-state index is 0.00608. The zero-order chi connectivity index (χ0) is 30.6. The van der Waals surface area contributed by atoms with Gasteiger partial charge in [0.15, 0.2) is 0 Å². The molecule has 2 N–H and O–H groups in total. The van der Waals surface area contributed by atoms with Crippen LogP contribution < -0.4 is 10.1 Å². The van der Waals surface area contributed by atoms with Crippen molar-refractivity contribution in [2.75, 3.05) is 7.11 Å². The first-order valence-electron chi connectivity index (χ1n) is 16.7. The minimum atomic E-state index is -0.915. The number of aliphatic carboxylic acids is 1. The number of carboxylic acids is 1. The lowest BCUT2D eigenvalue weighted by molar-refractivity contribution is -0.154. The maximum absolute atomic E-state index is 14.3. The number of methoxy groups -OCH3 is 1. The van der Waals surface area contributed by atoms with Crippen LogP contribution in [0, 0.1) is 23.2 Å². The largest absolute Gasteiger partial charge is 0.496 e. The zero-order valence-corrected chi connectivity index (χ0v) is 26.7. The Bertz CT molecular complexity index is 1230. The minimum Gasteiger partial charge on any atom is -0.496 e. The highest BCUT2D eigenvalue weighted by Crippen LogP contribution is 2.49. The molecule has 2 aliphatic carbocycles. The molecule has 1 heterocycles. The Hall–Kier alpha value is -2.86. The topological polar surface area (TPSA) is 78.9 Å². The van der Waals surface area contributed by atoms with E-state index >= 15 is 0 Å². The number of carboxylic acid groups (broad SMARTS) is 1. The molecule has 0 bridgehead atoms. The Morgan fingerprint density at radius 2 is 1.58 bits per heavy atom. The third kappa shape index (κ3) is 7.11. The lowest BCUT2D eigenvalue weighted by atomic mass is 9.72. The van der Waals surface area contributed by atoms with Crippen molar-refractivity contribution in [2.24, 2.45) is 23.2 Å². The van der Waals surface area contributed by atoms with E-state index in [-0.39, 0.29) is 35.2 Å². The van der Waals surface area contributed by atoms with Crippen LogP contribution in [0.25, 0.3) is 0 Å². The van der Waals surface area contributed by atoms with Crippen molar-refractivity contribution >= 4 is 11.9 Å². The molecule has 6 heteroatoms. The van der Waals surface area contributed by atoms with Crippen LogP contribution in [0.1, 0.15) is 108 Å². The van der Waals surface area contributed by atoms with Crippen molar-refractivity contribution in [3.8, 4) is 5.75 Å². The third-order valence-corrected chi connectivity index (χ3v) is 10.4. The van der Waals surface area contributed by atoms with Gasteiger partial charge in [0, 0.05) is 30.0 Å². The quantitative estimate of drug-likeness (QED) is 0.316. The van der Waals surface area contributed by atoms with E-state index in [1.165, 1.54) is 37.7 Å². The van der Waals surface area contributed by atoms with Crippen molar-refractivity contribution in [2.45, 2.75) is 116 Å². The molecule has 4 atom stereocenters. The normalized spacial score (nSPS) is 25.5. The van der Waals surface area contributed by atoms with Crippen molar-refractivity contribution in [3.63, 3.8) is 0 Å². The fraction of sp³-hybridized carbons (Fsp3) is 0.622. The van der Waals surface area contributed by atoms with E-state index in [4.69, 9.17) is 4.74 Å². The number of carbonyl (C=O) groups is 2. The molecule has 1 amide bonds. The summed E-state index contributed by atoms with van der Waals surface area (Å²) in [6.45, 7) is 6.89. The van der Waals surface area contributed by atoms with E-state index in [9.17, 15) is 14.7 Å². The maximum Gasteiger partial charge on any atom is 0.326 e. The Morgan fingerprint density at radius 1 is 0.930 bits per heavy atom. The molecular formula is C37H52N2O4. The first-order chi connectivity index (χ1) is 20.7. The van der Waals surface area contributed by atoms with E-state index in [0.29, 0.717) is 6.54 Å². The van der Waals surface area contributed by atoms with Gasteiger partial charge in [-0.1, -0.05) is 115 Å². The zero-order valence-electron chi connectivity index (χ0n) is 26.7. The summed E-state index contributed by atoms with van der Waals surface area (Å²) in [4.78, 5) is 29.3. The average Bonchev–Trinajstić information content (AvgIpc) is 3.37. The monoisotopic (exact) mass is 588 g/mol. The molecular weight excluding hydrogens is 536 g/mol. The molecule has 2 saturated carbocycles. The second-order valence-electron chi connectivity index (χ2n) is 14.4. The molecule has 5 rings (SSSR count). The summed E-state index contributed by atoms with van der Waals surface area (Å²) in [7, 11) is 1.71. The van der Waals surface area contributed by atoms with Gasteiger partial charge in [-0.3, -0.25) is 4.79 Å². The van der Waals surface area contributed by atoms with Crippen molar-refractivity contribution in [1.82, 2.24) is 10.2 Å². The highest BCUT2D eigenvalue weighted by molar-refractivity contribution is 5.87. The number of hydrogen-bond donors (Lipinski definition) is 2. The highest BCUT2D eigenvalue weighted by Gasteiger charge is 2.58. The van der Waals surface area contributed by atoms with Gasteiger partial charge in [-0.15, -0.1) is 0 Å². The predicted molar refractivity (Wildman–Crippen MR) is 171 cm³/mol. The first-order valence-corrected chi connectivity index (χ1v) is 16.7. The maximum atomic E-state index is 14.3. The van der Waals surface area contributed by atoms with Crippen LogP contribution in [0.3, 0.4) is 0 Å². The fourth-order valence-corrected chi connectivity index (χ4v) is 8.34. The molecule has 2 aromatic rings. The Labute approximate surface area is 258 Å². The van der Waals surface area contributed by atoms with Crippen LogP contribution in [0.5, 0.6) is 5.75 Å². The second kappa shape index (κ2) is 13.8. The summed E-state index contributed by atoms with van der Waals surface area (Å²) in [6.07, 6.45) is 12.6. The number of ether oxygens (including phenoxy) is 1. The van der Waals surface area contributed by atoms with E-state index in [0.717, 1.165) is 61.3 Å². The predicted octanol–water partition coefficient (Wildman–Crippen LogP) is 7.56. The smallest absolute Gasteiger partial charge is 0.326 e. The number of benzene rings is 2. The molecule has 1 aliphatic heterocycles. The van der Waals surface area contributed by atoms with E-state index < -0.39 is 12.0 Å². The Kier molecular flexibility index (Phi) is 10.2. The van der Waals surface area contributed by atoms with Crippen molar-refractivity contribution in [3.05, 3.63) is 65.2 Å². The van der Waals surface area contributed by atoms with Crippen LogP contribution in [-0.4, -0.2) is 41.1 Å². The third-order valence-electron chi connectivity index (χ3n) is 10.4. The number of carbonyl (C=O) groups excluding carboxylic acids is 1. The van der Waals surface area contributed by atoms with Crippen LogP contribution in [0.2, 0.25) is 0 Å². The molecule has 2 aromatic carbocycles. The number of rotatable bonds is 9. The lowest BCUT2D eigenvalue weighted by Crippen LogP contribution is -2.49. The van der Waals surface area contributed by atoms with Crippen molar-refractivity contribution < 1.29 is 19.4 Å². The van der Waals surface area contributed by atoms with Gasteiger partial charge in [0.2, 0.25) is 5.91 Å². The van der Waals surface area contributed by atoms with Crippen molar-refractivity contribution in [1.29, 1.82) is 0 Å². The van der Waals surface area contributed by atoms with Gasteiger partial charge in [0.25, 0.3) is 0 Å². The average molecular weight is 589 g/mol.